The van der Waals surface area contributed by atoms with Gasteiger partial charge in [0.25, 0.3) is 0 Å². The van der Waals surface area contributed by atoms with E-state index in [1.54, 1.807) is 0 Å². The van der Waals surface area contributed by atoms with E-state index >= 15 is 0 Å². The monoisotopic (exact) mass is 339 g/mol. The summed E-state index contributed by atoms with van der Waals surface area (Å²) in [5.74, 6) is 3.14. The standard InChI is InChI=1S/C18H25N7/c1-24-8-2-6-18(10-24)11-25(12-18)17-19-7-5-15(21-17)20-16-9-14(22-23-16)13-3-4-13/h5,7,9,13H,2-4,6,8,10-12H2,1H3,(H2,19,20,21,22,23). The minimum absolute atomic E-state index is 0.446. The second kappa shape index (κ2) is 5.69. The van der Waals surface area contributed by atoms with Gasteiger partial charge in [0.1, 0.15) is 5.82 Å². The average molecular weight is 339 g/mol. The maximum atomic E-state index is 4.69. The number of nitrogens with zero attached hydrogens (tertiary/aromatic N) is 5. The lowest BCUT2D eigenvalue weighted by atomic mass is 9.73. The van der Waals surface area contributed by atoms with Crippen LogP contribution in [0.3, 0.4) is 0 Å². The SMILES string of the molecule is CN1CCCC2(C1)CN(c1nccc(Nc3cc(C4CC4)[nH]n3)n1)C2. The van der Waals surface area contributed by atoms with E-state index < -0.39 is 0 Å². The predicted molar refractivity (Wildman–Crippen MR) is 97.3 cm³/mol. The molecule has 1 aliphatic carbocycles. The fourth-order valence-corrected chi connectivity index (χ4v) is 4.32. The van der Waals surface area contributed by atoms with E-state index in [4.69, 9.17) is 4.98 Å². The molecule has 4 heterocycles. The quantitative estimate of drug-likeness (QED) is 0.891. The molecule has 2 aromatic rings. The normalized spacial score (nSPS) is 22.8. The number of piperidine rings is 1. The largest absolute Gasteiger partial charge is 0.339 e. The van der Waals surface area contributed by atoms with Gasteiger partial charge in [-0.3, -0.25) is 5.10 Å². The minimum Gasteiger partial charge on any atom is -0.339 e. The van der Waals surface area contributed by atoms with Crippen molar-refractivity contribution >= 4 is 17.6 Å². The van der Waals surface area contributed by atoms with Crippen molar-refractivity contribution in [3.8, 4) is 0 Å². The number of aromatic nitrogens is 4. The Labute approximate surface area is 147 Å². The number of likely N-dealkylation sites (tertiary alicyclic amines) is 1. The zero-order valence-electron chi connectivity index (χ0n) is 14.7. The minimum atomic E-state index is 0.446. The van der Waals surface area contributed by atoms with E-state index in [9.17, 15) is 0 Å². The third-order valence-electron chi connectivity index (χ3n) is 5.70. The number of hydrogen-bond acceptors (Lipinski definition) is 6. The van der Waals surface area contributed by atoms with Gasteiger partial charge >= 0.3 is 0 Å². The van der Waals surface area contributed by atoms with Crippen LogP contribution in [0, 0.1) is 5.41 Å². The van der Waals surface area contributed by atoms with E-state index in [1.807, 2.05) is 12.3 Å². The van der Waals surface area contributed by atoms with Crippen molar-refractivity contribution in [2.24, 2.45) is 5.41 Å². The van der Waals surface area contributed by atoms with Crippen LogP contribution in [0.15, 0.2) is 18.3 Å². The first-order valence-corrected chi connectivity index (χ1v) is 9.28. The molecule has 0 aromatic carbocycles. The Morgan fingerprint density at radius 3 is 2.92 bits per heavy atom. The zero-order chi connectivity index (χ0) is 16.9. The Bertz CT molecular complexity index is 760. The van der Waals surface area contributed by atoms with E-state index in [2.05, 4.69) is 43.4 Å². The van der Waals surface area contributed by atoms with E-state index in [-0.39, 0.29) is 0 Å². The molecule has 3 fully saturated rings. The highest BCUT2D eigenvalue weighted by Gasteiger charge is 2.45. The lowest BCUT2D eigenvalue weighted by Gasteiger charge is -2.54. The number of rotatable bonds is 4. The molecule has 132 valence electrons. The Morgan fingerprint density at radius 1 is 1.24 bits per heavy atom. The second-order valence-corrected chi connectivity index (χ2v) is 8.05. The fourth-order valence-electron chi connectivity index (χ4n) is 4.32. The van der Waals surface area contributed by atoms with Gasteiger partial charge in [0.2, 0.25) is 5.95 Å². The van der Waals surface area contributed by atoms with Crippen molar-refractivity contribution in [1.82, 2.24) is 25.1 Å². The van der Waals surface area contributed by atoms with Crippen LogP contribution in [0.25, 0.3) is 0 Å². The molecule has 3 aliphatic rings. The van der Waals surface area contributed by atoms with E-state index in [0.29, 0.717) is 11.3 Å². The van der Waals surface area contributed by atoms with Gasteiger partial charge in [-0.15, -0.1) is 0 Å². The van der Waals surface area contributed by atoms with Gasteiger partial charge in [0.05, 0.1) is 0 Å². The average Bonchev–Trinajstić information content (AvgIpc) is 3.33. The lowest BCUT2D eigenvalue weighted by molar-refractivity contribution is 0.0772. The van der Waals surface area contributed by atoms with Crippen molar-refractivity contribution in [3.05, 3.63) is 24.0 Å². The summed E-state index contributed by atoms with van der Waals surface area (Å²) in [6.07, 6.45) is 6.99. The number of nitrogens with one attached hydrogen (secondary N) is 2. The van der Waals surface area contributed by atoms with Crippen LogP contribution in [0.4, 0.5) is 17.6 Å². The highest BCUT2D eigenvalue weighted by Crippen LogP contribution is 2.41. The number of anilines is 3. The molecule has 2 saturated heterocycles. The molecular weight excluding hydrogens is 314 g/mol. The van der Waals surface area contributed by atoms with Crippen molar-refractivity contribution in [1.29, 1.82) is 0 Å². The number of hydrogen-bond donors (Lipinski definition) is 2. The molecule has 1 saturated carbocycles. The molecule has 7 heteroatoms. The molecule has 2 N–H and O–H groups in total. The summed E-state index contributed by atoms with van der Waals surface area (Å²) in [5.41, 5.74) is 1.67. The molecule has 25 heavy (non-hydrogen) atoms. The van der Waals surface area contributed by atoms with E-state index in [0.717, 1.165) is 30.7 Å². The summed E-state index contributed by atoms with van der Waals surface area (Å²) >= 11 is 0. The molecule has 2 aliphatic heterocycles. The van der Waals surface area contributed by atoms with Gasteiger partial charge in [-0.25, -0.2) is 4.98 Å². The highest BCUT2D eigenvalue weighted by atomic mass is 15.3. The smallest absolute Gasteiger partial charge is 0.227 e. The molecule has 0 radical (unpaired) electrons. The van der Waals surface area contributed by atoms with Gasteiger partial charge in [-0.2, -0.15) is 10.1 Å². The van der Waals surface area contributed by atoms with Gasteiger partial charge in [0, 0.05) is 48.9 Å². The molecule has 0 unspecified atom stereocenters. The van der Waals surface area contributed by atoms with Crippen LogP contribution >= 0.6 is 0 Å². The summed E-state index contributed by atoms with van der Waals surface area (Å²) in [5, 5.41) is 10.8. The summed E-state index contributed by atoms with van der Waals surface area (Å²) in [6.45, 7) is 4.55. The molecule has 1 spiro atoms. The molecule has 0 atom stereocenters. The van der Waals surface area contributed by atoms with Gasteiger partial charge in [0.15, 0.2) is 5.82 Å². The Balaban J connectivity index is 1.25. The molecule has 5 rings (SSSR count). The van der Waals surface area contributed by atoms with Gasteiger partial charge in [-0.1, -0.05) is 0 Å². The van der Waals surface area contributed by atoms with Crippen molar-refractivity contribution in [3.63, 3.8) is 0 Å². The topological polar surface area (TPSA) is 73.0 Å². The van der Waals surface area contributed by atoms with Crippen LogP contribution in [-0.4, -0.2) is 58.3 Å². The Morgan fingerprint density at radius 2 is 2.12 bits per heavy atom. The predicted octanol–water partition coefficient (Wildman–Crippen LogP) is 2.35. The number of aromatic amines is 1. The Kier molecular flexibility index (Phi) is 3.45. The van der Waals surface area contributed by atoms with Crippen LogP contribution in [-0.2, 0) is 0 Å². The molecule has 2 aromatic heterocycles. The number of H-pyrrole nitrogens is 1. The highest BCUT2D eigenvalue weighted by molar-refractivity contribution is 5.54. The third-order valence-corrected chi connectivity index (χ3v) is 5.70. The van der Waals surface area contributed by atoms with Crippen molar-refractivity contribution in [2.45, 2.75) is 31.6 Å². The summed E-state index contributed by atoms with van der Waals surface area (Å²) in [7, 11) is 2.23. The van der Waals surface area contributed by atoms with Crippen LogP contribution < -0.4 is 10.2 Å². The van der Waals surface area contributed by atoms with Crippen LogP contribution in [0.5, 0.6) is 0 Å². The maximum Gasteiger partial charge on any atom is 0.227 e. The van der Waals surface area contributed by atoms with Gasteiger partial charge < -0.3 is 15.1 Å². The first kappa shape index (κ1) is 15.1. The summed E-state index contributed by atoms with van der Waals surface area (Å²) in [6, 6.07) is 3.99. The Hall–Kier alpha value is -2.15. The lowest BCUT2D eigenvalue weighted by Crippen LogP contribution is -2.63. The third kappa shape index (κ3) is 2.97. The van der Waals surface area contributed by atoms with Crippen LogP contribution in [0.2, 0.25) is 0 Å². The van der Waals surface area contributed by atoms with Crippen LogP contribution in [0.1, 0.15) is 37.3 Å². The molecule has 0 amide bonds. The maximum absolute atomic E-state index is 4.69. The first-order chi connectivity index (χ1) is 12.2. The first-order valence-electron chi connectivity index (χ1n) is 9.28. The van der Waals surface area contributed by atoms with E-state index in [1.165, 1.54) is 44.5 Å². The van der Waals surface area contributed by atoms with Gasteiger partial charge in [-0.05, 0) is 45.3 Å². The molecule has 7 nitrogen and oxygen atoms in total. The summed E-state index contributed by atoms with van der Waals surface area (Å²) < 4.78 is 0. The molecular formula is C18H25N7. The van der Waals surface area contributed by atoms with Crippen molar-refractivity contribution < 1.29 is 0 Å². The zero-order valence-corrected chi connectivity index (χ0v) is 14.7. The van der Waals surface area contributed by atoms with Crippen molar-refractivity contribution in [2.75, 3.05) is 43.4 Å². The second-order valence-electron chi connectivity index (χ2n) is 8.05. The fraction of sp³-hybridized carbons (Fsp3) is 0.611. The summed E-state index contributed by atoms with van der Waals surface area (Å²) in [4.78, 5) is 13.9. The molecule has 0 bridgehead atoms.